The van der Waals surface area contributed by atoms with Gasteiger partial charge in [-0.3, -0.25) is 0 Å². The maximum absolute atomic E-state index is 8.53. The summed E-state index contributed by atoms with van der Waals surface area (Å²) in [4.78, 5) is 0. The molecule has 0 aromatic rings. The van der Waals surface area contributed by atoms with E-state index in [9.17, 15) is 0 Å². The summed E-state index contributed by atoms with van der Waals surface area (Å²) in [7, 11) is 0.722. The third-order valence-electron chi connectivity index (χ3n) is 0.752. The molecular weight excluding hydrogens is 74.9 g/mol. The second-order valence-corrected chi connectivity index (χ2v) is 1.29. The third-order valence-corrected chi connectivity index (χ3v) is 0.752. The Morgan fingerprint density at radius 2 is 2.50 bits per heavy atom. The Hall–Kier alpha value is -0.655. The molecule has 0 saturated carbocycles. The van der Waals surface area contributed by atoms with Crippen LogP contribution in [0, 0.1) is 0 Å². The van der Waals surface area contributed by atoms with Gasteiger partial charge in [-0.2, -0.15) is 0 Å². The van der Waals surface area contributed by atoms with E-state index in [2.05, 4.69) is 0 Å². The van der Waals surface area contributed by atoms with Crippen LogP contribution in [0.15, 0.2) is 23.8 Å². The minimum atomic E-state index is 0.468. The van der Waals surface area contributed by atoms with Crippen LogP contribution in [0.4, 0.5) is 0 Å². The zero-order chi connectivity index (χ0) is 4.41. The van der Waals surface area contributed by atoms with Crippen LogP contribution in [0.25, 0.3) is 0 Å². The summed E-state index contributed by atoms with van der Waals surface area (Å²) in [6, 6.07) is 0. The molecule has 0 saturated heterocycles. The first-order valence-electron chi connectivity index (χ1n) is 1.94. The summed E-state index contributed by atoms with van der Waals surface area (Å²) < 4.78 is 0. The molecule has 0 unspecified atom stereocenters. The van der Waals surface area contributed by atoms with Crippen molar-refractivity contribution >= 4 is 7.28 Å². The van der Waals surface area contributed by atoms with Gasteiger partial charge in [0.1, 0.15) is 0 Å². The first-order valence-corrected chi connectivity index (χ1v) is 1.94. The molecule has 0 aromatic heterocycles. The van der Waals surface area contributed by atoms with Crippen LogP contribution in [-0.2, 0) is 0 Å². The number of allylic oxidation sites excluding steroid dienone is 2. The van der Waals surface area contributed by atoms with Gasteiger partial charge in [0.2, 0.25) is 7.28 Å². The van der Waals surface area contributed by atoms with Crippen molar-refractivity contribution in [3.05, 3.63) is 23.8 Å². The molecule has 1 N–H and O–H groups in total. The summed E-state index contributed by atoms with van der Waals surface area (Å²) in [5, 5.41) is 8.53. The zero-order valence-electron chi connectivity index (χ0n) is 3.39. The number of hydrogen-bond donors (Lipinski definition) is 1. The highest BCUT2D eigenvalue weighted by Crippen LogP contribution is 1.93. The van der Waals surface area contributed by atoms with Gasteiger partial charge < -0.3 is 5.11 Å². The Morgan fingerprint density at radius 1 is 1.67 bits per heavy atom. The van der Waals surface area contributed by atoms with Gasteiger partial charge in [-0.15, -0.1) is 5.98 Å². The van der Waals surface area contributed by atoms with Crippen LogP contribution in [-0.4, -0.2) is 12.4 Å². The lowest BCUT2D eigenvalue weighted by atomic mass is 9.80. The third kappa shape index (κ3) is 0.457. The molecule has 1 nitrogen and oxygen atoms in total. The van der Waals surface area contributed by atoms with E-state index in [1.54, 1.807) is 6.08 Å². The largest absolute Gasteiger partial charge is 0.522 e. The van der Waals surface area contributed by atoms with E-state index >= 15 is 0 Å². The molecule has 1 heterocycles. The lowest BCUT2D eigenvalue weighted by Gasteiger charge is -1.77. The standard InChI is InChI=1S/C4H5BO/c6-4-2-1-3-5-4/h1-3,5-6H. The average Bonchev–Trinajstić information content (AvgIpc) is 1.86. The number of aliphatic hydroxyl groups is 1. The van der Waals surface area contributed by atoms with Gasteiger partial charge in [0.25, 0.3) is 0 Å². The quantitative estimate of drug-likeness (QED) is 0.416. The van der Waals surface area contributed by atoms with Gasteiger partial charge in [0.15, 0.2) is 0 Å². The first kappa shape index (κ1) is 3.53. The summed E-state index contributed by atoms with van der Waals surface area (Å²) in [5.74, 6) is 1.91. The monoisotopic (exact) mass is 80.0 g/mol. The van der Waals surface area contributed by atoms with E-state index in [-0.39, 0.29) is 0 Å². The lowest BCUT2D eigenvalue weighted by Crippen LogP contribution is -1.82. The second kappa shape index (κ2) is 1.21. The Morgan fingerprint density at radius 3 is 2.67 bits per heavy atom. The topological polar surface area (TPSA) is 20.2 Å². The van der Waals surface area contributed by atoms with Crippen LogP contribution in [0.3, 0.4) is 0 Å². The summed E-state index contributed by atoms with van der Waals surface area (Å²) in [6.45, 7) is 0. The van der Waals surface area contributed by atoms with Gasteiger partial charge in [-0.05, 0) is 6.08 Å². The predicted molar refractivity (Wildman–Crippen MR) is 27.0 cm³/mol. The molecule has 0 bridgehead atoms. The summed E-state index contributed by atoms with van der Waals surface area (Å²) >= 11 is 0. The molecule has 0 amide bonds. The van der Waals surface area contributed by atoms with E-state index in [1.807, 2.05) is 12.1 Å². The second-order valence-electron chi connectivity index (χ2n) is 1.29. The highest BCUT2D eigenvalue weighted by atomic mass is 16.3. The Bertz CT molecular complexity index is 104. The molecule has 2 heteroatoms. The highest BCUT2D eigenvalue weighted by molar-refractivity contribution is 6.51. The molecule has 6 heavy (non-hydrogen) atoms. The minimum absolute atomic E-state index is 0.468. The zero-order valence-corrected chi connectivity index (χ0v) is 3.39. The molecule has 1 rings (SSSR count). The molecule has 30 valence electrons. The van der Waals surface area contributed by atoms with Crippen LogP contribution in [0.1, 0.15) is 0 Å². The number of rotatable bonds is 0. The van der Waals surface area contributed by atoms with Gasteiger partial charge in [0.05, 0.1) is 5.66 Å². The lowest BCUT2D eigenvalue weighted by molar-refractivity contribution is 0.451. The summed E-state index contributed by atoms with van der Waals surface area (Å²) in [6.07, 6.45) is 3.54. The van der Waals surface area contributed by atoms with Crippen molar-refractivity contribution in [1.29, 1.82) is 0 Å². The van der Waals surface area contributed by atoms with Crippen LogP contribution < -0.4 is 0 Å². The predicted octanol–water partition coefficient (Wildman–Crippen LogP) is 0.350. The fraction of sp³-hybridized carbons (Fsp3) is 0. The smallest absolute Gasteiger partial charge is 0.228 e. The Balaban J connectivity index is 2.61. The Kier molecular flexibility index (Phi) is 0.711. The molecular formula is C4H5BO. The van der Waals surface area contributed by atoms with Crippen molar-refractivity contribution in [2.24, 2.45) is 0 Å². The SMILES string of the molecule is OC1=CC=CB1. The van der Waals surface area contributed by atoms with Crippen LogP contribution in [0.5, 0.6) is 0 Å². The van der Waals surface area contributed by atoms with E-state index in [4.69, 9.17) is 5.11 Å². The molecule has 0 fully saturated rings. The Labute approximate surface area is 37.2 Å². The fourth-order valence-electron chi connectivity index (χ4n) is 0.436. The number of aliphatic hydroxyl groups excluding tert-OH is 1. The average molecular weight is 79.9 g/mol. The van der Waals surface area contributed by atoms with Crippen molar-refractivity contribution < 1.29 is 5.11 Å². The molecule has 0 spiro atoms. The molecule has 1 aliphatic heterocycles. The highest BCUT2D eigenvalue weighted by Gasteiger charge is 1.92. The maximum Gasteiger partial charge on any atom is 0.228 e. The van der Waals surface area contributed by atoms with Gasteiger partial charge in [0, 0.05) is 0 Å². The van der Waals surface area contributed by atoms with Gasteiger partial charge >= 0.3 is 0 Å². The van der Waals surface area contributed by atoms with Crippen LogP contribution in [0.2, 0.25) is 0 Å². The maximum atomic E-state index is 8.53. The first-order chi connectivity index (χ1) is 2.89. The van der Waals surface area contributed by atoms with E-state index in [0.29, 0.717) is 5.66 Å². The molecule has 0 aliphatic carbocycles. The fourth-order valence-corrected chi connectivity index (χ4v) is 0.436. The van der Waals surface area contributed by atoms with Crippen molar-refractivity contribution in [1.82, 2.24) is 0 Å². The molecule has 0 aromatic carbocycles. The number of hydrogen-bond acceptors (Lipinski definition) is 1. The van der Waals surface area contributed by atoms with E-state index in [1.165, 1.54) is 0 Å². The normalized spacial score (nSPS) is 17.0. The van der Waals surface area contributed by atoms with E-state index in [0.717, 1.165) is 7.28 Å². The molecule has 1 aliphatic rings. The minimum Gasteiger partial charge on any atom is -0.522 e. The molecule has 0 atom stereocenters. The van der Waals surface area contributed by atoms with E-state index < -0.39 is 0 Å². The van der Waals surface area contributed by atoms with Crippen molar-refractivity contribution in [3.63, 3.8) is 0 Å². The van der Waals surface area contributed by atoms with Gasteiger partial charge in [-0.25, -0.2) is 0 Å². The summed E-state index contributed by atoms with van der Waals surface area (Å²) in [5.41, 5.74) is 0.468. The van der Waals surface area contributed by atoms with Crippen molar-refractivity contribution in [2.45, 2.75) is 0 Å². The molecule has 0 radical (unpaired) electrons. The van der Waals surface area contributed by atoms with Gasteiger partial charge in [-0.1, -0.05) is 6.08 Å². The van der Waals surface area contributed by atoms with Crippen LogP contribution >= 0.6 is 0 Å². The van der Waals surface area contributed by atoms with Crippen molar-refractivity contribution in [3.8, 4) is 0 Å². The van der Waals surface area contributed by atoms with Crippen molar-refractivity contribution in [2.75, 3.05) is 0 Å².